The molecule has 0 N–H and O–H groups in total. The Bertz CT molecular complexity index is 13.5. The van der Waals surface area contributed by atoms with Crippen LogP contribution in [-0.2, 0) is 19.8 Å². The summed E-state index contributed by atoms with van der Waals surface area (Å²) >= 11 is 2.00. The molecule has 0 aliphatic heterocycles. The Balaban J connectivity index is -0.000000000833. The second-order valence-electron chi connectivity index (χ2n) is 0. The van der Waals surface area contributed by atoms with Crippen molar-refractivity contribution >= 4 is 37.7 Å². The van der Waals surface area contributed by atoms with Crippen LogP contribution in [0.5, 0.6) is 0 Å². The van der Waals surface area contributed by atoms with E-state index < -0.39 is 0 Å². The molecule has 0 aliphatic rings. The van der Waals surface area contributed by atoms with E-state index >= 15 is 0 Å². The van der Waals surface area contributed by atoms with E-state index in [1.165, 1.54) is 0 Å². The molecule has 26 valence electrons. The van der Waals surface area contributed by atoms with Crippen LogP contribution in [0.3, 0.4) is 0 Å². The van der Waals surface area contributed by atoms with E-state index in [1.807, 2.05) is 15.9 Å². The fourth-order valence-corrected chi connectivity index (χ4v) is 0. The van der Waals surface area contributed by atoms with Gasteiger partial charge in [0.2, 0.25) is 0 Å². The Labute approximate surface area is 64.5 Å². The monoisotopic (exact) mass is 134 g/mol. The molecule has 0 saturated heterocycles. The molecule has 0 rings (SSSR count). The molecular weight excluding hydrogens is 131 g/mol. The first-order valence-electron chi connectivity index (χ1n) is 0.144. The van der Waals surface area contributed by atoms with Crippen LogP contribution in [0, 0.1) is 0 Å². The zero-order valence-electron chi connectivity index (χ0n) is 3.88. The summed E-state index contributed by atoms with van der Waals surface area (Å²) in [6.07, 6.45) is 0. The van der Waals surface area contributed by atoms with E-state index in [0.29, 0.717) is 0 Å². The molecule has 1 nitrogen and oxygen atoms in total. The van der Waals surface area contributed by atoms with Gasteiger partial charge in [0.25, 0.3) is 0 Å². The second kappa shape index (κ2) is 24.4. The normalized spacial score (nSPS) is 1.25. The topological polar surface area (TPSA) is 17.1 Å². The first-order valence-corrected chi connectivity index (χ1v) is 0.595. The minimum absolute atomic E-state index is 0. The van der Waals surface area contributed by atoms with Crippen molar-refractivity contribution in [3.05, 3.63) is 0 Å². The molecule has 0 aromatic rings. The van der Waals surface area contributed by atoms with Crippen molar-refractivity contribution in [3.63, 3.8) is 0 Å². The van der Waals surface area contributed by atoms with Crippen LogP contribution in [0.25, 0.3) is 0 Å². The molecule has 0 radical (unpaired) electrons. The number of rotatable bonds is 0. The van der Waals surface area contributed by atoms with Crippen LogP contribution in [-0.4, -0.2) is 37.7 Å². The van der Waals surface area contributed by atoms with Crippen molar-refractivity contribution < 1.29 is 27.3 Å². The van der Waals surface area contributed by atoms with E-state index in [1.54, 1.807) is 0 Å². The first-order chi connectivity index (χ1) is 1.00. The third-order valence-corrected chi connectivity index (χ3v) is 0. The van der Waals surface area contributed by atoms with E-state index in [4.69, 9.17) is 3.83 Å². The average Bonchev–Trinajstić information content (AvgIpc) is 1.00. The second-order valence-corrected chi connectivity index (χ2v) is 0. The minimum atomic E-state index is 0. The SMILES string of the molecule is F.[Ca+2].[H-].[H-].[O]=[Fe]. The summed E-state index contributed by atoms with van der Waals surface area (Å²) in [5.74, 6) is 0. The molecule has 0 aromatic carbocycles. The predicted octanol–water partition coefficient (Wildman–Crippen LogP) is -0.125. The molecule has 4 heteroatoms. The van der Waals surface area contributed by atoms with Gasteiger partial charge in [0.15, 0.2) is 0 Å². The Morgan fingerprint density at radius 3 is 1.50 bits per heavy atom. The molecule has 0 aliphatic carbocycles. The maximum absolute atomic E-state index is 8.00. The van der Waals surface area contributed by atoms with Crippen molar-refractivity contribution in [2.24, 2.45) is 0 Å². The van der Waals surface area contributed by atoms with E-state index in [0.717, 1.165) is 0 Å². The van der Waals surface area contributed by atoms with Crippen LogP contribution >= 0.6 is 0 Å². The van der Waals surface area contributed by atoms with Gasteiger partial charge in [-0.3, -0.25) is 4.70 Å². The molecule has 4 heavy (non-hydrogen) atoms. The molecule has 0 atom stereocenters. The number of halogens is 1. The number of hydrogen-bond acceptors (Lipinski definition) is 1. The van der Waals surface area contributed by atoms with Gasteiger partial charge in [-0.25, -0.2) is 0 Å². The molecule has 0 heterocycles. The van der Waals surface area contributed by atoms with E-state index in [-0.39, 0.29) is 45.3 Å². The summed E-state index contributed by atoms with van der Waals surface area (Å²) in [6, 6.07) is 0. The van der Waals surface area contributed by atoms with Crippen molar-refractivity contribution in [1.29, 1.82) is 0 Å². The Morgan fingerprint density at radius 2 is 1.50 bits per heavy atom. The third kappa shape index (κ3) is 9.70. The molecule has 0 aromatic heterocycles. The molecule has 0 amide bonds. The number of hydrogen-bond donors (Lipinski definition) is 0. The van der Waals surface area contributed by atoms with Crippen molar-refractivity contribution in [2.75, 3.05) is 0 Å². The van der Waals surface area contributed by atoms with Crippen molar-refractivity contribution in [2.45, 2.75) is 0 Å². The first kappa shape index (κ1) is 17.8. The molecule has 0 spiro atoms. The Kier molecular flexibility index (Phi) is 108. The van der Waals surface area contributed by atoms with Crippen LogP contribution in [0.2, 0.25) is 0 Å². The Hall–Kier alpha value is 1.51. The summed E-state index contributed by atoms with van der Waals surface area (Å²) in [6.45, 7) is 0. The van der Waals surface area contributed by atoms with Crippen molar-refractivity contribution in [1.82, 2.24) is 0 Å². The maximum atomic E-state index is 8.00. The van der Waals surface area contributed by atoms with Crippen LogP contribution in [0.1, 0.15) is 2.85 Å². The van der Waals surface area contributed by atoms with Crippen LogP contribution in [0.15, 0.2) is 0 Å². The van der Waals surface area contributed by atoms with Gasteiger partial charge in [-0.2, -0.15) is 0 Å². The van der Waals surface area contributed by atoms with E-state index in [9.17, 15) is 0 Å². The van der Waals surface area contributed by atoms with Crippen LogP contribution < -0.4 is 0 Å². The molecule has 0 unspecified atom stereocenters. The summed E-state index contributed by atoms with van der Waals surface area (Å²) in [5.41, 5.74) is 0. The van der Waals surface area contributed by atoms with Gasteiger partial charge in [-0.15, -0.1) is 0 Å². The fourth-order valence-electron chi connectivity index (χ4n) is 0. The molecule has 0 fully saturated rings. The fraction of sp³-hybridized carbons (Fsp3) is 0. The van der Waals surface area contributed by atoms with Gasteiger partial charge >= 0.3 is 57.5 Å². The zero-order chi connectivity index (χ0) is 2.00. The Morgan fingerprint density at radius 1 is 1.50 bits per heavy atom. The molecular formula is H3CaFFeO. The standard InChI is InChI=1S/Ca.FH.Fe.O.2H/h;1H;;;;/q+2;;;;2*-1. The molecule has 0 saturated carbocycles. The van der Waals surface area contributed by atoms with Gasteiger partial charge in [0, 0.05) is 0 Å². The average molecular weight is 134 g/mol. The molecule has 0 bridgehead atoms. The van der Waals surface area contributed by atoms with Gasteiger partial charge in [0.1, 0.15) is 0 Å². The summed E-state index contributed by atoms with van der Waals surface area (Å²) in [7, 11) is 0. The summed E-state index contributed by atoms with van der Waals surface area (Å²) in [4.78, 5) is 0. The quantitative estimate of drug-likeness (QED) is 0.422. The van der Waals surface area contributed by atoms with Crippen LogP contribution in [0.4, 0.5) is 4.70 Å². The van der Waals surface area contributed by atoms with Gasteiger partial charge < -0.3 is 2.85 Å². The third-order valence-electron chi connectivity index (χ3n) is 0. The van der Waals surface area contributed by atoms with E-state index in [2.05, 4.69) is 0 Å². The predicted molar refractivity (Wildman–Crippen MR) is 11.2 cm³/mol. The summed E-state index contributed by atoms with van der Waals surface area (Å²) < 4.78 is 8.00. The van der Waals surface area contributed by atoms with Gasteiger partial charge in [-0.1, -0.05) is 0 Å². The van der Waals surface area contributed by atoms with Gasteiger partial charge in [-0.05, 0) is 0 Å². The zero-order valence-corrected chi connectivity index (χ0v) is 5.19. The van der Waals surface area contributed by atoms with Gasteiger partial charge in [0.05, 0.1) is 0 Å². The van der Waals surface area contributed by atoms with Crippen molar-refractivity contribution in [3.8, 4) is 0 Å². The summed E-state index contributed by atoms with van der Waals surface area (Å²) in [5, 5.41) is 0.